The summed E-state index contributed by atoms with van der Waals surface area (Å²) in [6.45, 7) is 5.89. The smallest absolute Gasteiger partial charge is 0.226 e. The van der Waals surface area contributed by atoms with Gasteiger partial charge in [-0.05, 0) is 73.3 Å². The second-order valence-corrected chi connectivity index (χ2v) is 10.4. The molecule has 0 bridgehead atoms. The summed E-state index contributed by atoms with van der Waals surface area (Å²) < 4.78 is 6.14. The van der Waals surface area contributed by atoms with Gasteiger partial charge in [0, 0.05) is 44.4 Å². The summed E-state index contributed by atoms with van der Waals surface area (Å²) >= 11 is 0. The number of amides is 1. The Hall–Kier alpha value is -3.42. The van der Waals surface area contributed by atoms with Crippen molar-refractivity contribution in [1.82, 2.24) is 14.9 Å². The number of ether oxygens (including phenoxy) is 1. The van der Waals surface area contributed by atoms with Crippen molar-refractivity contribution in [2.24, 2.45) is 17.0 Å². The van der Waals surface area contributed by atoms with Gasteiger partial charge in [-0.2, -0.15) is 0 Å². The number of hydrogen-bond acceptors (Lipinski definition) is 7. The van der Waals surface area contributed by atoms with Gasteiger partial charge < -0.3 is 19.7 Å². The maximum absolute atomic E-state index is 12.8. The average molecular weight is 504 g/mol. The normalized spacial score (nSPS) is 21.8. The lowest BCUT2D eigenvalue weighted by molar-refractivity contribution is -0.134. The molecule has 3 aliphatic rings. The van der Waals surface area contributed by atoms with Crippen LogP contribution in [0.5, 0.6) is 5.75 Å². The highest BCUT2D eigenvalue weighted by Crippen LogP contribution is 2.32. The zero-order chi connectivity index (χ0) is 25.6. The number of oxime groups is 1. The minimum atomic E-state index is 0.0260. The molecule has 2 aromatic rings. The zero-order valence-electron chi connectivity index (χ0n) is 21.7. The number of carbonyl (C=O) groups excluding carboxylic acids is 1. The maximum Gasteiger partial charge on any atom is 0.226 e. The van der Waals surface area contributed by atoms with Crippen molar-refractivity contribution in [3.05, 3.63) is 53.9 Å². The van der Waals surface area contributed by atoms with E-state index in [9.17, 15) is 4.79 Å². The first-order valence-corrected chi connectivity index (χ1v) is 13.6. The van der Waals surface area contributed by atoms with Gasteiger partial charge in [0.25, 0.3) is 0 Å². The van der Waals surface area contributed by atoms with Crippen LogP contribution in [-0.4, -0.2) is 64.5 Å². The molecule has 0 radical (unpaired) electrons. The van der Waals surface area contributed by atoms with E-state index in [0.29, 0.717) is 31.1 Å². The van der Waals surface area contributed by atoms with E-state index >= 15 is 0 Å². The number of carbonyl (C=O) groups is 1. The van der Waals surface area contributed by atoms with Crippen molar-refractivity contribution in [3.63, 3.8) is 0 Å². The lowest BCUT2D eigenvalue weighted by Crippen LogP contribution is -2.36. The van der Waals surface area contributed by atoms with Crippen LogP contribution in [0.3, 0.4) is 0 Å². The second-order valence-electron chi connectivity index (χ2n) is 10.4. The molecule has 1 unspecified atom stereocenters. The molecule has 0 saturated carbocycles. The van der Waals surface area contributed by atoms with Crippen LogP contribution in [-0.2, 0) is 11.2 Å². The summed E-state index contributed by atoms with van der Waals surface area (Å²) in [5.74, 6) is 2.49. The van der Waals surface area contributed by atoms with Crippen molar-refractivity contribution in [2.75, 3.05) is 37.7 Å². The van der Waals surface area contributed by atoms with E-state index in [2.05, 4.69) is 57.3 Å². The number of anilines is 1. The molecular formula is C29H37N5O3. The third kappa shape index (κ3) is 6.12. The predicted octanol–water partition coefficient (Wildman–Crippen LogP) is 4.58. The molecule has 0 spiro atoms. The van der Waals surface area contributed by atoms with Gasteiger partial charge in [0.2, 0.25) is 11.9 Å². The SMILES string of the molecule is CCc1cnc(N2CCC(COc3ccc(C4=CCC(C(=O)N5CC/C(=N/O)C5)CC4)cc3)CC2)nc1. The highest BCUT2D eigenvalue weighted by atomic mass is 16.5. The molecule has 3 heterocycles. The van der Waals surface area contributed by atoms with Crippen molar-refractivity contribution >= 4 is 23.1 Å². The van der Waals surface area contributed by atoms with E-state index < -0.39 is 0 Å². The first-order valence-electron chi connectivity index (χ1n) is 13.6. The molecule has 8 nitrogen and oxygen atoms in total. The lowest BCUT2D eigenvalue weighted by atomic mass is 9.86. The topological polar surface area (TPSA) is 91.2 Å². The van der Waals surface area contributed by atoms with Crippen LogP contribution in [0.25, 0.3) is 5.57 Å². The van der Waals surface area contributed by atoms with Crippen molar-refractivity contribution < 1.29 is 14.7 Å². The molecular weight excluding hydrogens is 466 g/mol. The molecule has 37 heavy (non-hydrogen) atoms. The van der Waals surface area contributed by atoms with Crippen LogP contribution in [0, 0.1) is 11.8 Å². The molecule has 1 amide bonds. The number of benzene rings is 1. The largest absolute Gasteiger partial charge is 0.493 e. The van der Waals surface area contributed by atoms with E-state index in [4.69, 9.17) is 9.94 Å². The van der Waals surface area contributed by atoms with Gasteiger partial charge >= 0.3 is 0 Å². The molecule has 1 atom stereocenters. The van der Waals surface area contributed by atoms with E-state index in [0.717, 1.165) is 69.9 Å². The van der Waals surface area contributed by atoms with Gasteiger partial charge in [-0.15, -0.1) is 0 Å². The van der Waals surface area contributed by atoms with E-state index in [1.807, 2.05) is 17.3 Å². The Labute approximate surface area is 219 Å². The second kappa shape index (κ2) is 11.8. The number of piperidine rings is 1. The summed E-state index contributed by atoms with van der Waals surface area (Å²) in [6, 6.07) is 8.39. The standard InChI is InChI=1S/C29H37N5O3/c1-2-21-17-30-29(31-18-21)33-14-11-22(12-15-33)20-37-27-9-7-24(8-10-27)23-3-5-25(6-4-23)28(35)34-16-13-26(19-34)32-36/h3,7-10,17-18,22,25,36H,2,4-6,11-16,19-20H2,1H3/b32-26-. The lowest BCUT2D eigenvalue weighted by Gasteiger charge is -2.31. The third-order valence-electron chi connectivity index (χ3n) is 7.97. The van der Waals surface area contributed by atoms with Gasteiger partial charge in [0.1, 0.15) is 5.75 Å². The van der Waals surface area contributed by atoms with Gasteiger partial charge in [0.15, 0.2) is 0 Å². The Balaban J connectivity index is 1.06. The Morgan fingerprint density at radius 3 is 2.46 bits per heavy atom. The van der Waals surface area contributed by atoms with E-state index in [-0.39, 0.29) is 11.8 Å². The van der Waals surface area contributed by atoms with E-state index in [1.54, 1.807) is 0 Å². The number of hydrogen-bond donors (Lipinski definition) is 1. The molecule has 196 valence electrons. The molecule has 5 rings (SSSR count). The molecule has 1 aromatic heterocycles. The number of allylic oxidation sites excluding steroid dienone is 2. The molecule has 1 aromatic carbocycles. The van der Waals surface area contributed by atoms with Gasteiger partial charge in [-0.3, -0.25) is 4.79 Å². The molecule has 2 saturated heterocycles. The van der Waals surface area contributed by atoms with Crippen molar-refractivity contribution in [3.8, 4) is 5.75 Å². The maximum atomic E-state index is 12.8. The van der Waals surface area contributed by atoms with Gasteiger partial charge in [-0.1, -0.05) is 30.3 Å². The number of aryl methyl sites for hydroxylation is 1. The summed E-state index contributed by atoms with van der Waals surface area (Å²) in [4.78, 5) is 25.9. The quantitative estimate of drug-likeness (QED) is 0.439. The van der Waals surface area contributed by atoms with Crippen LogP contribution >= 0.6 is 0 Å². The van der Waals surface area contributed by atoms with Crippen molar-refractivity contribution in [1.29, 1.82) is 0 Å². The highest BCUT2D eigenvalue weighted by Gasteiger charge is 2.30. The molecule has 1 aliphatic carbocycles. The fraction of sp³-hybridized carbons (Fsp3) is 0.517. The number of aromatic nitrogens is 2. The predicted molar refractivity (Wildman–Crippen MR) is 144 cm³/mol. The number of likely N-dealkylation sites (tertiary alicyclic amines) is 1. The van der Waals surface area contributed by atoms with Crippen LogP contribution in [0.15, 0.2) is 47.9 Å². The van der Waals surface area contributed by atoms with E-state index in [1.165, 1.54) is 16.7 Å². The monoisotopic (exact) mass is 503 g/mol. The van der Waals surface area contributed by atoms with Crippen LogP contribution < -0.4 is 9.64 Å². The number of nitrogens with zero attached hydrogens (tertiary/aromatic N) is 5. The van der Waals surface area contributed by atoms with Crippen molar-refractivity contribution in [2.45, 2.75) is 51.9 Å². The summed E-state index contributed by atoms with van der Waals surface area (Å²) in [7, 11) is 0. The molecule has 8 heteroatoms. The van der Waals surface area contributed by atoms with Crippen LogP contribution in [0.2, 0.25) is 0 Å². The minimum Gasteiger partial charge on any atom is -0.493 e. The van der Waals surface area contributed by atoms with Crippen LogP contribution in [0.4, 0.5) is 5.95 Å². The third-order valence-corrected chi connectivity index (χ3v) is 7.97. The Kier molecular flexibility index (Phi) is 8.02. The Morgan fingerprint density at radius 2 is 1.84 bits per heavy atom. The first-order chi connectivity index (χ1) is 18.1. The summed E-state index contributed by atoms with van der Waals surface area (Å²) in [5.41, 5.74) is 4.37. The zero-order valence-corrected chi connectivity index (χ0v) is 21.7. The number of rotatable bonds is 7. The Bertz CT molecular complexity index is 1120. The highest BCUT2D eigenvalue weighted by molar-refractivity contribution is 5.93. The molecule has 1 N–H and O–H groups in total. The average Bonchev–Trinajstić information content (AvgIpc) is 3.46. The Morgan fingerprint density at radius 1 is 1.08 bits per heavy atom. The minimum absolute atomic E-state index is 0.0260. The fourth-order valence-corrected chi connectivity index (χ4v) is 5.46. The fourth-order valence-electron chi connectivity index (χ4n) is 5.46. The summed E-state index contributed by atoms with van der Waals surface area (Å²) in [5, 5.41) is 12.2. The molecule has 2 fully saturated rings. The van der Waals surface area contributed by atoms with Crippen LogP contribution in [0.1, 0.15) is 56.6 Å². The van der Waals surface area contributed by atoms with Gasteiger partial charge in [-0.25, -0.2) is 9.97 Å². The summed E-state index contributed by atoms with van der Waals surface area (Å²) in [6.07, 6.45) is 12.4. The molecule has 2 aliphatic heterocycles. The first kappa shape index (κ1) is 25.2. The van der Waals surface area contributed by atoms with Gasteiger partial charge in [0.05, 0.1) is 18.9 Å².